The Labute approximate surface area is 101 Å². The van der Waals surface area contributed by atoms with Crippen LogP contribution in [-0.2, 0) is 0 Å². The molecule has 3 rings (SSSR count). The molecular formula is C15H14N2. The van der Waals surface area contributed by atoms with Crippen LogP contribution in [0.15, 0.2) is 54.7 Å². The molecule has 2 heteroatoms. The van der Waals surface area contributed by atoms with Gasteiger partial charge in [-0.1, -0.05) is 42.5 Å². The zero-order valence-electron chi connectivity index (χ0n) is 9.70. The van der Waals surface area contributed by atoms with Gasteiger partial charge < -0.3 is 10.6 Å². The minimum atomic E-state index is 1.11. The Morgan fingerprint density at radius 1 is 0.882 bits per heavy atom. The first-order chi connectivity index (χ1) is 8.40. The molecule has 1 aliphatic rings. The normalized spacial score (nSPS) is 14.8. The summed E-state index contributed by atoms with van der Waals surface area (Å²) in [5.41, 5.74) is 6.05. The molecule has 1 aliphatic heterocycles. The van der Waals surface area contributed by atoms with Crippen LogP contribution in [0.3, 0.4) is 0 Å². The van der Waals surface area contributed by atoms with Gasteiger partial charge in [-0.15, -0.1) is 0 Å². The first-order valence-corrected chi connectivity index (χ1v) is 5.73. The largest absolute Gasteiger partial charge is 0.392 e. The third-order valence-electron chi connectivity index (χ3n) is 2.99. The van der Waals surface area contributed by atoms with E-state index < -0.39 is 0 Å². The third kappa shape index (κ3) is 1.58. The molecule has 0 atom stereocenters. The summed E-state index contributed by atoms with van der Waals surface area (Å²) in [6.07, 6.45) is 1.99. The Balaban J connectivity index is 2.26. The average Bonchev–Trinajstić information content (AvgIpc) is 2.39. The lowest BCUT2D eigenvalue weighted by molar-refractivity contribution is 1.10. The van der Waals surface area contributed by atoms with Crippen LogP contribution in [0, 0.1) is 0 Å². The van der Waals surface area contributed by atoms with Crippen molar-refractivity contribution in [2.45, 2.75) is 0 Å². The van der Waals surface area contributed by atoms with Gasteiger partial charge in [0.2, 0.25) is 0 Å². The maximum atomic E-state index is 3.45. The summed E-state index contributed by atoms with van der Waals surface area (Å²) in [7, 11) is 1.91. The van der Waals surface area contributed by atoms with Gasteiger partial charge >= 0.3 is 0 Å². The lowest BCUT2D eigenvalue weighted by atomic mass is 9.93. The Morgan fingerprint density at radius 2 is 1.53 bits per heavy atom. The standard InChI is InChI=1S/C15H14N2/c1-16-10-15-13-8-3-2-6-11(13)12-7-4-5-9-14(12)17-15/h2-10,16-17H,1H3/b15-10-. The number of anilines is 1. The Bertz CT molecular complexity index is 585. The van der Waals surface area contributed by atoms with E-state index in [-0.39, 0.29) is 0 Å². The maximum Gasteiger partial charge on any atom is 0.0623 e. The minimum absolute atomic E-state index is 1.11. The van der Waals surface area contributed by atoms with Gasteiger partial charge in [0.1, 0.15) is 0 Å². The van der Waals surface area contributed by atoms with E-state index in [9.17, 15) is 0 Å². The fraction of sp³-hybridized carbons (Fsp3) is 0.0667. The van der Waals surface area contributed by atoms with E-state index in [4.69, 9.17) is 0 Å². The monoisotopic (exact) mass is 222 g/mol. The van der Waals surface area contributed by atoms with Gasteiger partial charge in [0, 0.05) is 30.1 Å². The highest BCUT2D eigenvalue weighted by Gasteiger charge is 2.17. The van der Waals surface area contributed by atoms with Crippen molar-refractivity contribution in [2.24, 2.45) is 0 Å². The number of fused-ring (bicyclic) bond motifs is 3. The average molecular weight is 222 g/mol. The summed E-state index contributed by atoms with van der Waals surface area (Å²) >= 11 is 0. The van der Waals surface area contributed by atoms with Crippen LogP contribution in [0.1, 0.15) is 5.56 Å². The highest BCUT2D eigenvalue weighted by molar-refractivity contribution is 5.97. The summed E-state index contributed by atoms with van der Waals surface area (Å²) in [5, 5.41) is 6.54. The number of benzene rings is 2. The van der Waals surface area contributed by atoms with Gasteiger partial charge in [-0.25, -0.2) is 0 Å². The smallest absolute Gasteiger partial charge is 0.0623 e. The molecule has 17 heavy (non-hydrogen) atoms. The Morgan fingerprint density at radius 3 is 2.29 bits per heavy atom. The van der Waals surface area contributed by atoms with Crippen LogP contribution in [0.2, 0.25) is 0 Å². The second kappa shape index (κ2) is 3.98. The van der Waals surface area contributed by atoms with Crippen LogP contribution in [0.25, 0.3) is 16.8 Å². The van der Waals surface area contributed by atoms with Crippen LogP contribution >= 0.6 is 0 Å². The zero-order valence-corrected chi connectivity index (χ0v) is 9.70. The Kier molecular flexibility index (Phi) is 2.33. The molecule has 2 N–H and O–H groups in total. The van der Waals surface area contributed by atoms with E-state index in [2.05, 4.69) is 59.2 Å². The summed E-state index contributed by atoms with van der Waals surface area (Å²) in [6, 6.07) is 16.8. The van der Waals surface area contributed by atoms with Gasteiger partial charge in [-0.05, 0) is 11.6 Å². The molecule has 2 aromatic rings. The first kappa shape index (κ1) is 9.97. The fourth-order valence-electron chi connectivity index (χ4n) is 2.25. The number of rotatable bonds is 1. The molecule has 0 aromatic heterocycles. The van der Waals surface area contributed by atoms with Crippen molar-refractivity contribution in [1.82, 2.24) is 5.32 Å². The molecule has 84 valence electrons. The maximum absolute atomic E-state index is 3.45. The number of hydrogen-bond acceptors (Lipinski definition) is 2. The van der Waals surface area contributed by atoms with Crippen molar-refractivity contribution in [3.63, 3.8) is 0 Å². The van der Waals surface area contributed by atoms with Gasteiger partial charge in [0.15, 0.2) is 0 Å². The van der Waals surface area contributed by atoms with Crippen molar-refractivity contribution in [3.05, 3.63) is 60.3 Å². The second-order valence-corrected chi connectivity index (χ2v) is 4.06. The minimum Gasteiger partial charge on any atom is -0.392 e. The molecule has 0 saturated heterocycles. The number of nitrogens with one attached hydrogen (secondary N) is 2. The van der Waals surface area contributed by atoms with Crippen LogP contribution in [0.5, 0.6) is 0 Å². The first-order valence-electron chi connectivity index (χ1n) is 5.73. The van der Waals surface area contributed by atoms with Crippen LogP contribution < -0.4 is 10.6 Å². The molecule has 0 aliphatic carbocycles. The third-order valence-corrected chi connectivity index (χ3v) is 2.99. The number of hydrogen-bond donors (Lipinski definition) is 2. The van der Waals surface area contributed by atoms with E-state index in [1.54, 1.807) is 0 Å². The topological polar surface area (TPSA) is 24.1 Å². The molecule has 1 heterocycles. The van der Waals surface area contributed by atoms with Crippen molar-refractivity contribution >= 4 is 11.4 Å². The summed E-state index contributed by atoms with van der Waals surface area (Å²) in [5.74, 6) is 0. The van der Waals surface area contributed by atoms with Crippen LogP contribution in [0.4, 0.5) is 5.69 Å². The fourth-order valence-corrected chi connectivity index (χ4v) is 2.25. The van der Waals surface area contributed by atoms with E-state index >= 15 is 0 Å². The molecule has 0 bridgehead atoms. The predicted molar refractivity (Wildman–Crippen MR) is 72.5 cm³/mol. The molecule has 2 nitrogen and oxygen atoms in total. The Hall–Kier alpha value is -2.22. The highest BCUT2D eigenvalue weighted by atomic mass is 14.9. The summed E-state index contributed by atoms with van der Waals surface area (Å²) in [4.78, 5) is 0. The molecule has 0 saturated carbocycles. The van der Waals surface area contributed by atoms with Crippen molar-refractivity contribution in [2.75, 3.05) is 12.4 Å². The van der Waals surface area contributed by atoms with Crippen molar-refractivity contribution in [3.8, 4) is 11.1 Å². The summed E-state index contributed by atoms with van der Waals surface area (Å²) in [6.45, 7) is 0. The lowest BCUT2D eigenvalue weighted by Crippen LogP contribution is -2.10. The van der Waals surface area contributed by atoms with Gasteiger partial charge in [-0.2, -0.15) is 0 Å². The van der Waals surface area contributed by atoms with Gasteiger partial charge in [-0.3, -0.25) is 0 Å². The summed E-state index contributed by atoms with van der Waals surface area (Å²) < 4.78 is 0. The molecule has 0 unspecified atom stereocenters. The molecule has 0 radical (unpaired) electrons. The van der Waals surface area contributed by atoms with E-state index in [1.165, 1.54) is 16.7 Å². The van der Waals surface area contributed by atoms with Crippen molar-refractivity contribution < 1.29 is 0 Å². The number of para-hydroxylation sites is 1. The molecule has 0 spiro atoms. The highest BCUT2D eigenvalue weighted by Crippen LogP contribution is 2.39. The zero-order chi connectivity index (χ0) is 11.7. The lowest BCUT2D eigenvalue weighted by Gasteiger charge is -2.23. The van der Waals surface area contributed by atoms with Crippen molar-refractivity contribution in [1.29, 1.82) is 0 Å². The molecular weight excluding hydrogens is 208 g/mol. The van der Waals surface area contributed by atoms with Crippen LogP contribution in [-0.4, -0.2) is 7.05 Å². The van der Waals surface area contributed by atoms with Gasteiger partial charge in [0.05, 0.1) is 5.70 Å². The molecule has 0 fully saturated rings. The predicted octanol–water partition coefficient (Wildman–Crippen LogP) is 3.30. The quantitative estimate of drug-likeness (QED) is 0.773. The SMILES string of the molecule is CN/C=C1\Nc2ccccc2-c2ccccc21. The molecule has 0 amide bonds. The molecule has 2 aromatic carbocycles. The van der Waals surface area contributed by atoms with E-state index in [1.807, 2.05) is 13.2 Å². The second-order valence-electron chi connectivity index (χ2n) is 4.06. The van der Waals surface area contributed by atoms with E-state index in [0.29, 0.717) is 0 Å². The van der Waals surface area contributed by atoms with E-state index in [0.717, 1.165) is 11.4 Å². The van der Waals surface area contributed by atoms with Gasteiger partial charge in [0.25, 0.3) is 0 Å².